The molecule has 0 amide bonds. The van der Waals surface area contributed by atoms with E-state index in [-0.39, 0.29) is 5.41 Å². The van der Waals surface area contributed by atoms with Crippen molar-refractivity contribution in [3.63, 3.8) is 0 Å². The van der Waals surface area contributed by atoms with Gasteiger partial charge in [0.25, 0.3) is 0 Å². The van der Waals surface area contributed by atoms with Crippen LogP contribution in [0.15, 0.2) is 170 Å². The third-order valence-corrected chi connectivity index (χ3v) is 15.1. The molecular formula is C60H48N2. The molecule has 2 heterocycles. The fourth-order valence-corrected chi connectivity index (χ4v) is 12.2. The van der Waals surface area contributed by atoms with Crippen molar-refractivity contribution in [1.82, 2.24) is 0 Å². The average Bonchev–Trinajstić information content (AvgIpc) is 3.88. The van der Waals surface area contributed by atoms with E-state index < -0.39 is 5.41 Å². The van der Waals surface area contributed by atoms with E-state index in [0.717, 1.165) is 32.4 Å². The van der Waals surface area contributed by atoms with Crippen LogP contribution in [0.3, 0.4) is 0 Å². The van der Waals surface area contributed by atoms with Crippen LogP contribution in [0.25, 0.3) is 45.5 Å². The number of hydrogen-bond acceptors (Lipinski definition) is 2. The van der Waals surface area contributed by atoms with E-state index in [4.69, 9.17) is 0 Å². The largest absolute Gasteiger partial charge is 0.341 e. The zero-order valence-electron chi connectivity index (χ0n) is 35.5. The van der Waals surface area contributed by atoms with Crippen LogP contribution < -0.4 is 9.80 Å². The molecule has 0 radical (unpaired) electrons. The Labute approximate surface area is 365 Å². The average molecular weight is 797 g/mol. The Balaban J connectivity index is 0.891. The van der Waals surface area contributed by atoms with Crippen molar-refractivity contribution in [3.8, 4) is 33.4 Å². The molecule has 0 bridgehead atoms. The lowest BCUT2D eigenvalue weighted by Gasteiger charge is -2.34. The number of hydrogen-bond donors (Lipinski definition) is 0. The van der Waals surface area contributed by atoms with Crippen LogP contribution in [0.4, 0.5) is 22.7 Å². The predicted octanol–water partition coefficient (Wildman–Crippen LogP) is 14.7. The van der Waals surface area contributed by atoms with Gasteiger partial charge in [-0.15, -0.1) is 0 Å². The van der Waals surface area contributed by atoms with Crippen LogP contribution in [-0.2, 0) is 23.7 Å². The first-order valence-electron chi connectivity index (χ1n) is 22.7. The molecule has 8 aromatic carbocycles. The Hall–Kier alpha value is -6.90. The third kappa shape index (κ3) is 4.98. The van der Waals surface area contributed by atoms with Gasteiger partial charge in [-0.2, -0.15) is 0 Å². The van der Waals surface area contributed by atoms with E-state index in [9.17, 15) is 0 Å². The van der Waals surface area contributed by atoms with Gasteiger partial charge >= 0.3 is 0 Å². The highest BCUT2D eigenvalue weighted by atomic mass is 15.1. The molecule has 13 rings (SSSR count). The monoisotopic (exact) mass is 796 g/mol. The maximum Gasteiger partial charge on any atom is 0.0726 e. The van der Waals surface area contributed by atoms with Gasteiger partial charge in [-0.3, -0.25) is 0 Å². The molecule has 0 aromatic heterocycles. The Morgan fingerprint density at radius 1 is 0.387 bits per heavy atom. The second kappa shape index (κ2) is 13.3. The predicted molar refractivity (Wildman–Crippen MR) is 259 cm³/mol. The zero-order valence-corrected chi connectivity index (χ0v) is 35.5. The van der Waals surface area contributed by atoms with Crippen molar-refractivity contribution >= 4 is 34.9 Å². The van der Waals surface area contributed by atoms with Crippen LogP contribution in [0.2, 0.25) is 0 Å². The van der Waals surface area contributed by atoms with Crippen molar-refractivity contribution in [3.05, 3.63) is 225 Å². The Kier molecular flexibility index (Phi) is 7.68. The first kappa shape index (κ1) is 35.8. The second-order valence-electron chi connectivity index (χ2n) is 18.6. The highest BCUT2D eigenvalue weighted by molar-refractivity contribution is 5.97. The van der Waals surface area contributed by atoms with E-state index in [2.05, 4.69) is 206 Å². The molecule has 2 aliphatic heterocycles. The maximum absolute atomic E-state index is 2.56. The number of fused-ring (bicyclic) bond motifs is 15. The van der Waals surface area contributed by atoms with Gasteiger partial charge in [0, 0.05) is 41.3 Å². The summed E-state index contributed by atoms with van der Waals surface area (Å²) in [5, 5.41) is 0. The van der Waals surface area contributed by atoms with Crippen LogP contribution in [-0.4, -0.2) is 13.1 Å². The van der Waals surface area contributed by atoms with Gasteiger partial charge < -0.3 is 9.80 Å². The van der Waals surface area contributed by atoms with Crippen LogP contribution in [0.5, 0.6) is 0 Å². The van der Waals surface area contributed by atoms with Crippen LogP contribution in [0, 0.1) is 0 Å². The molecular weight excluding hydrogens is 749 g/mol. The van der Waals surface area contributed by atoms with E-state index in [1.54, 1.807) is 0 Å². The van der Waals surface area contributed by atoms with Crippen LogP contribution in [0.1, 0.15) is 82.3 Å². The fourth-order valence-electron chi connectivity index (χ4n) is 12.2. The quantitative estimate of drug-likeness (QED) is 0.164. The van der Waals surface area contributed by atoms with E-state index in [0.29, 0.717) is 0 Å². The van der Waals surface area contributed by atoms with Crippen molar-refractivity contribution in [2.75, 3.05) is 22.9 Å². The first-order valence-corrected chi connectivity index (χ1v) is 22.7. The molecule has 0 saturated heterocycles. The summed E-state index contributed by atoms with van der Waals surface area (Å²) in [4.78, 5) is 5.08. The minimum absolute atomic E-state index is 0.107. The summed E-state index contributed by atoms with van der Waals surface area (Å²) in [6, 6.07) is 65.0. The molecule has 62 heavy (non-hydrogen) atoms. The minimum atomic E-state index is -0.411. The van der Waals surface area contributed by atoms with Crippen molar-refractivity contribution in [2.24, 2.45) is 0 Å². The summed E-state index contributed by atoms with van der Waals surface area (Å²) in [5.41, 5.74) is 26.5. The SMILES string of the molecule is CC1(C)c2cc(C=Cc3ccc4c(c3)C3(c5ccccc5-c5ccccc53)c3cc(N5CCCc6ccccc65)ccc3-4)ccc2-c2ccc(N3CCCc4ccccc43)cc21. The van der Waals surface area contributed by atoms with Crippen molar-refractivity contribution in [1.29, 1.82) is 0 Å². The van der Waals surface area contributed by atoms with Crippen molar-refractivity contribution < 1.29 is 0 Å². The van der Waals surface area contributed by atoms with Crippen molar-refractivity contribution in [2.45, 2.75) is 50.4 Å². The molecule has 0 unspecified atom stereocenters. The molecule has 298 valence electrons. The van der Waals surface area contributed by atoms with Gasteiger partial charge in [-0.1, -0.05) is 153 Å². The van der Waals surface area contributed by atoms with Gasteiger partial charge in [-0.05, 0) is 157 Å². The molecule has 2 nitrogen and oxygen atoms in total. The number of benzene rings is 8. The highest BCUT2D eigenvalue weighted by Gasteiger charge is 2.52. The summed E-state index contributed by atoms with van der Waals surface area (Å²) in [6.45, 7) is 6.90. The molecule has 0 N–H and O–H groups in total. The number of nitrogens with zero attached hydrogens (tertiary/aromatic N) is 2. The Morgan fingerprint density at radius 2 is 0.790 bits per heavy atom. The van der Waals surface area contributed by atoms with E-state index >= 15 is 0 Å². The number of para-hydroxylation sites is 2. The molecule has 2 heteroatoms. The maximum atomic E-state index is 2.56. The number of anilines is 4. The summed E-state index contributed by atoms with van der Waals surface area (Å²) in [7, 11) is 0. The fraction of sp³-hybridized carbons (Fsp3) is 0.167. The normalized spacial score (nSPS) is 16.6. The second-order valence-corrected chi connectivity index (χ2v) is 18.6. The summed E-state index contributed by atoms with van der Waals surface area (Å²) in [5.74, 6) is 0. The number of aryl methyl sites for hydroxylation is 2. The van der Waals surface area contributed by atoms with Gasteiger partial charge in [0.1, 0.15) is 0 Å². The molecule has 1 spiro atoms. The summed E-state index contributed by atoms with van der Waals surface area (Å²) >= 11 is 0. The van der Waals surface area contributed by atoms with Crippen LogP contribution >= 0.6 is 0 Å². The molecule has 5 aliphatic rings. The lowest BCUT2D eigenvalue weighted by molar-refractivity contribution is 0.659. The molecule has 8 aromatic rings. The molecule has 0 atom stereocenters. The minimum Gasteiger partial charge on any atom is -0.341 e. The van der Waals surface area contributed by atoms with E-state index in [1.165, 1.54) is 118 Å². The molecule has 3 aliphatic carbocycles. The topological polar surface area (TPSA) is 6.48 Å². The lowest BCUT2D eigenvalue weighted by atomic mass is 9.70. The van der Waals surface area contributed by atoms with Gasteiger partial charge in [0.15, 0.2) is 0 Å². The van der Waals surface area contributed by atoms with Gasteiger partial charge in [0.05, 0.1) is 5.41 Å². The summed E-state index contributed by atoms with van der Waals surface area (Å²) in [6.07, 6.45) is 9.29. The van der Waals surface area contributed by atoms with Gasteiger partial charge in [-0.25, -0.2) is 0 Å². The highest BCUT2D eigenvalue weighted by Crippen LogP contribution is 2.63. The smallest absolute Gasteiger partial charge is 0.0726 e. The Morgan fingerprint density at radius 3 is 1.35 bits per heavy atom. The molecule has 0 fully saturated rings. The summed E-state index contributed by atoms with van der Waals surface area (Å²) < 4.78 is 0. The lowest BCUT2D eigenvalue weighted by Crippen LogP contribution is -2.27. The standard InChI is InChI=1S/C60H48N2/c1-59(2)53-35-39(25-29-47(53)48-31-27-43(37-54(48)59)61-33-11-15-41-13-3-9-21-57(41)61)23-24-40-26-30-49-50-32-28-44(62-34-12-16-42-14-4-10-22-58(42)62)38-56(50)60(55(49)36-40)51-19-7-5-17-45(51)46-18-6-8-20-52(46)60/h3-10,13-14,17-32,35-38H,11-12,15-16,33-34H2,1-2H3. The van der Waals surface area contributed by atoms with E-state index in [1.807, 2.05) is 0 Å². The third-order valence-electron chi connectivity index (χ3n) is 15.1. The first-order chi connectivity index (χ1) is 30.5. The zero-order chi connectivity index (χ0) is 41.2. The molecule has 0 saturated carbocycles. The number of rotatable bonds is 4. The Bertz CT molecular complexity index is 3150. The van der Waals surface area contributed by atoms with Gasteiger partial charge in [0.2, 0.25) is 0 Å².